The Hall–Kier alpha value is -1.52. The Morgan fingerprint density at radius 2 is 1.83 bits per heavy atom. The summed E-state index contributed by atoms with van der Waals surface area (Å²) in [4.78, 5) is 10.00. The molecule has 64 valence electrons. The second kappa shape index (κ2) is 2.84. The van der Waals surface area contributed by atoms with Gasteiger partial charge in [0.1, 0.15) is 5.82 Å². The Morgan fingerprint density at radius 1 is 1.25 bits per heavy atom. The average molecular weight is 176 g/mol. The third-order valence-corrected chi connectivity index (χ3v) is 1.30. The lowest BCUT2D eigenvalue weighted by molar-refractivity contribution is 0.111. The van der Waals surface area contributed by atoms with Crippen LogP contribution in [0.1, 0.15) is 10.4 Å². The Bertz CT molecular complexity index is 336. The monoisotopic (exact) mass is 176 g/mol. The smallest absolute Gasteiger partial charge is 0.188 e. The molecule has 0 saturated carbocycles. The van der Waals surface area contributed by atoms with Crippen molar-refractivity contribution < 1.29 is 23.1 Å². The zero-order chi connectivity index (χ0) is 9.30. The molecule has 0 amide bonds. The molecular weight excluding hydrogens is 173 g/mol. The SMILES string of the molecule is O=Cc1c(F)cc(F)c(O)c1F. The fraction of sp³-hybridized carbons (Fsp3) is 0. The number of phenols is 1. The highest BCUT2D eigenvalue weighted by Gasteiger charge is 2.17. The van der Waals surface area contributed by atoms with Crippen LogP contribution in [0.15, 0.2) is 6.07 Å². The summed E-state index contributed by atoms with van der Waals surface area (Å²) >= 11 is 0. The predicted molar refractivity (Wildman–Crippen MR) is 33.4 cm³/mol. The van der Waals surface area contributed by atoms with Gasteiger partial charge >= 0.3 is 0 Å². The summed E-state index contributed by atoms with van der Waals surface area (Å²) in [7, 11) is 0. The van der Waals surface area contributed by atoms with Crippen LogP contribution in [0.3, 0.4) is 0 Å². The second-order valence-electron chi connectivity index (χ2n) is 2.03. The number of aromatic hydroxyl groups is 1. The molecule has 0 atom stereocenters. The first-order valence-electron chi connectivity index (χ1n) is 2.89. The lowest BCUT2D eigenvalue weighted by atomic mass is 10.2. The van der Waals surface area contributed by atoms with Crippen LogP contribution in [0.5, 0.6) is 5.75 Å². The zero-order valence-electron chi connectivity index (χ0n) is 5.64. The van der Waals surface area contributed by atoms with Gasteiger partial charge in [0, 0.05) is 6.07 Å². The molecule has 0 unspecified atom stereocenters. The van der Waals surface area contributed by atoms with Gasteiger partial charge in [0.2, 0.25) is 0 Å². The number of halogens is 3. The summed E-state index contributed by atoms with van der Waals surface area (Å²) < 4.78 is 37.3. The maximum atomic E-state index is 12.6. The van der Waals surface area contributed by atoms with Crippen molar-refractivity contribution in [3.8, 4) is 5.75 Å². The van der Waals surface area contributed by atoms with Crippen molar-refractivity contribution in [3.05, 3.63) is 29.1 Å². The standard InChI is InChI=1S/C7H3F3O2/c8-4-1-5(9)7(12)6(10)3(4)2-11/h1-2,12H. The van der Waals surface area contributed by atoms with Crippen LogP contribution in [0.4, 0.5) is 13.2 Å². The molecule has 5 heteroatoms. The number of phenolic OH excluding ortho intramolecular Hbond substituents is 1. The first-order valence-corrected chi connectivity index (χ1v) is 2.89. The third kappa shape index (κ3) is 1.13. The summed E-state index contributed by atoms with van der Waals surface area (Å²) in [6.07, 6.45) is -0.135. The molecule has 0 aliphatic carbocycles. The van der Waals surface area contributed by atoms with E-state index >= 15 is 0 Å². The van der Waals surface area contributed by atoms with Crippen molar-refractivity contribution in [3.63, 3.8) is 0 Å². The lowest BCUT2D eigenvalue weighted by Crippen LogP contribution is -1.96. The third-order valence-electron chi connectivity index (χ3n) is 1.30. The highest BCUT2D eigenvalue weighted by atomic mass is 19.1. The van der Waals surface area contributed by atoms with Gasteiger partial charge in [-0.15, -0.1) is 0 Å². The Kier molecular flexibility index (Phi) is 2.03. The minimum Gasteiger partial charge on any atom is -0.503 e. The maximum Gasteiger partial charge on any atom is 0.188 e. The molecule has 1 aromatic carbocycles. The van der Waals surface area contributed by atoms with E-state index in [0.29, 0.717) is 0 Å². The van der Waals surface area contributed by atoms with Gasteiger partial charge in [-0.1, -0.05) is 0 Å². The Morgan fingerprint density at radius 3 is 2.33 bits per heavy atom. The summed E-state index contributed by atoms with van der Waals surface area (Å²) in [5.41, 5.74) is -0.978. The molecule has 0 aromatic heterocycles. The van der Waals surface area contributed by atoms with Gasteiger partial charge in [0.05, 0.1) is 5.56 Å². The minimum absolute atomic E-state index is 0.135. The lowest BCUT2D eigenvalue weighted by Gasteiger charge is -2.00. The minimum atomic E-state index is -1.58. The number of carbonyl (C=O) groups is 1. The van der Waals surface area contributed by atoms with Crippen LogP contribution in [0.25, 0.3) is 0 Å². The molecule has 12 heavy (non-hydrogen) atoms. The summed E-state index contributed by atoms with van der Waals surface area (Å²) in [6, 6.07) is 0.238. The molecule has 0 aliphatic heterocycles. The summed E-state index contributed by atoms with van der Waals surface area (Å²) in [6.45, 7) is 0. The van der Waals surface area contributed by atoms with Crippen molar-refractivity contribution in [2.75, 3.05) is 0 Å². The van der Waals surface area contributed by atoms with E-state index in [-0.39, 0.29) is 12.4 Å². The van der Waals surface area contributed by atoms with Crippen molar-refractivity contribution in [1.29, 1.82) is 0 Å². The van der Waals surface area contributed by atoms with Gasteiger partial charge in [0.15, 0.2) is 23.7 Å². The predicted octanol–water partition coefficient (Wildman–Crippen LogP) is 1.62. The fourth-order valence-corrected chi connectivity index (χ4v) is 0.703. The molecule has 0 radical (unpaired) electrons. The highest BCUT2D eigenvalue weighted by molar-refractivity contribution is 5.76. The van der Waals surface area contributed by atoms with E-state index in [0.717, 1.165) is 0 Å². The molecule has 2 nitrogen and oxygen atoms in total. The normalized spacial score (nSPS) is 9.92. The van der Waals surface area contributed by atoms with Crippen molar-refractivity contribution in [1.82, 2.24) is 0 Å². The maximum absolute atomic E-state index is 12.6. The van der Waals surface area contributed by atoms with E-state index in [4.69, 9.17) is 5.11 Å². The second-order valence-corrected chi connectivity index (χ2v) is 2.03. The van der Waals surface area contributed by atoms with Crippen molar-refractivity contribution in [2.45, 2.75) is 0 Å². The van der Waals surface area contributed by atoms with Crippen LogP contribution in [0, 0.1) is 17.5 Å². The van der Waals surface area contributed by atoms with E-state index in [2.05, 4.69) is 0 Å². The van der Waals surface area contributed by atoms with E-state index in [1.54, 1.807) is 0 Å². The molecular formula is C7H3F3O2. The van der Waals surface area contributed by atoms with E-state index in [9.17, 15) is 18.0 Å². The van der Waals surface area contributed by atoms with E-state index in [1.807, 2.05) is 0 Å². The molecule has 0 heterocycles. The Labute approximate surface area is 65.2 Å². The molecule has 1 rings (SSSR count). The first kappa shape index (κ1) is 8.58. The summed E-state index contributed by atoms with van der Waals surface area (Å²) in [5.74, 6) is -5.70. The number of hydrogen-bond acceptors (Lipinski definition) is 2. The highest BCUT2D eigenvalue weighted by Crippen LogP contribution is 2.24. The van der Waals surface area contributed by atoms with Crippen molar-refractivity contribution in [2.24, 2.45) is 0 Å². The molecule has 1 N–H and O–H groups in total. The largest absolute Gasteiger partial charge is 0.503 e. The van der Waals surface area contributed by atoms with E-state index < -0.39 is 28.8 Å². The van der Waals surface area contributed by atoms with Gasteiger partial charge in [-0.25, -0.2) is 13.2 Å². The zero-order valence-corrected chi connectivity index (χ0v) is 5.64. The molecule has 0 aliphatic rings. The average Bonchev–Trinajstić information content (AvgIpc) is 2.01. The molecule has 0 fully saturated rings. The van der Waals surface area contributed by atoms with E-state index in [1.165, 1.54) is 0 Å². The van der Waals surface area contributed by atoms with Crippen LogP contribution >= 0.6 is 0 Å². The van der Waals surface area contributed by atoms with Gasteiger partial charge in [-0.05, 0) is 0 Å². The van der Waals surface area contributed by atoms with Crippen LogP contribution in [-0.2, 0) is 0 Å². The van der Waals surface area contributed by atoms with Crippen LogP contribution < -0.4 is 0 Å². The number of aldehydes is 1. The first-order chi connectivity index (χ1) is 5.57. The topological polar surface area (TPSA) is 37.3 Å². The number of carbonyl (C=O) groups excluding carboxylic acids is 1. The summed E-state index contributed by atoms with van der Waals surface area (Å²) in [5, 5.41) is 8.57. The number of benzene rings is 1. The molecule has 0 spiro atoms. The number of hydrogen-bond donors (Lipinski definition) is 1. The Balaban J connectivity index is 3.51. The van der Waals surface area contributed by atoms with Gasteiger partial charge < -0.3 is 5.11 Å². The molecule has 1 aromatic rings. The van der Waals surface area contributed by atoms with Gasteiger partial charge in [-0.2, -0.15) is 0 Å². The molecule has 0 bridgehead atoms. The van der Waals surface area contributed by atoms with Crippen molar-refractivity contribution >= 4 is 6.29 Å². The van der Waals surface area contributed by atoms with Crippen LogP contribution in [0.2, 0.25) is 0 Å². The van der Waals surface area contributed by atoms with Crippen LogP contribution in [-0.4, -0.2) is 11.4 Å². The quantitative estimate of drug-likeness (QED) is 0.660. The van der Waals surface area contributed by atoms with Gasteiger partial charge in [0.25, 0.3) is 0 Å². The fourth-order valence-electron chi connectivity index (χ4n) is 0.703. The molecule has 0 saturated heterocycles. The number of rotatable bonds is 1. The van der Waals surface area contributed by atoms with Gasteiger partial charge in [-0.3, -0.25) is 4.79 Å².